The van der Waals surface area contributed by atoms with Crippen molar-refractivity contribution in [2.75, 3.05) is 26.2 Å². The number of sulfonamides is 1. The van der Waals surface area contributed by atoms with Gasteiger partial charge in [0.1, 0.15) is 5.69 Å². The average molecular weight is 404 g/mol. The zero-order valence-corrected chi connectivity index (χ0v) is 17.3. The number of aromatic nitrogens is 2. The van der Waals surface area contributed by atoms with Crippen LogP contribution in [0.15, 0.2) is 27.9 Å². The highest BCUT2D eigenvalue weighted by molar-refractivity contribution is 7.89. The molecule has 1 N–H and O–H groups in total. The molecule has 1 amide bonds. The van der Waals surface area contributed by atoms with E-state index in [1.54, 1.807) is 4.90 Å². The van der Waals surface area contributed by atoms with Crippen LogP contribution in [0.4, 0.5) is 0 Å². The molecule has 2 heterocycles. The van der Waals surface area contributed by atoms with Gasteiger partial charge in [-0.15, -0.1) is 0 Å². The predicted molar refractivity (Wildman–Crippen MR) is 105 cm³/mol. The molecule has 9 heteroatoms. The molecular formula is C19H24N4O4S. The molecule has 28 heavy (non-hydrogen) atoms. The molecule has 2 aromatic rings. The standard InChI is InChI=1S/C19H24N4O4S/c1-12-11-13(2)15(4)18(14(12)3)28(26,27)23-9-7-22(8-10-23)19(25)16-5-6-17(24)21-20-16/h5-6,11H,7-10H2,1-4H3,(H,21,24). The number of amides is 1. The summed E-state index contributed by atoms with van der Waals surface area (Å²) in [7, 11) is -3.66. The molecule has 0 unspecified atom stereocenters. The van der Waals surface area contributed by atoms with Crippen LogP contribution in [-0.2, 0) is 10.0 Å². The van der Waals surface area contributed by atoms with Gasteiger partial charge in [0.05, 0.1) is 4.90 Å². The molecule has 0 radical (unpaired) electrons. The van der Waals surface area contributed by atoms with Gasteiger partial charge in [0.25, 0.3) is 11.5 Å². The van der Waals surface area contributed by atoms with Crippen molar-refractivity contribution in [3.63, 3.8) is 0 Å². The van der Waals surface area contributed by atoms with E-state index in [0.717, 1.165) is 22.3 Å². The molecule has 1 aromatic heterocycles. The lowest BCUT2D eigenvalue weighted by atomic mass is 10.0. The van der Waals surface area contributed by atoms with Gasteiger partial charge >= 0.3 is 0 Å². The van der Waals surface area contributed by atoms with E-state index in [2.05, 4.69) is 10.2 Å². The second-order valence-electron chi connectivity index (χ2n) is 7.09. The van der Waals surface area contributed by atoms with Crippen LogP contribution in [0.25, 0.3) is 0 Å². The molecule has 3 rings (SSSR count). The van der Waals surface area contributed by atoms with Gasteiger partial charge in [-0.3, -0.25) is 9.59 Å². The zero-order valence-electron chi connectivity index (χ0n) is 16.4. The first-order valence-corrected chi connectivity index (χ1v) is 10.5. The van der Waals surface area contributed by atoms with Crippen LogP contribution in [0.3, 0.4) is 0 Å². The second-order valence-corrected chi connectivity index (χ2v) is 8.97. The van der Waals surface area contributed by atoms with Gasteiger partial charge in [-0.2, -0.15) is 9.40 Å². The highest BCUT2D eigenvalue weighted by Crippen LogP contribution is 2.29. The number of nitrogens with one attached hydrogen (secondary N) is 1. The summed E-state index contributed by atoms with van der Waals surface area (Å²) in [4.78, 5) is 25.5. The quantitative estimate of drug-likeness (QED) is 0.827. The number of carbonyl (C=O) groups is 1. The summed E-state index contributed by atoms with van der Waals surface area (Å²) >= 11 is 0. The molecule has 0 aliphatic carbocycles. The van der Waals surface area contributed by atoms with Gasteiger partial charge in [0.2, 0.25) is 10.0 Å². The van der Waals surface area contributed by atoms with E-state index in [1.807, 2.05) is 33.8 Å². The van der Waals surface area contributed by atoms with Crippen molar-refractivity contribution in [3.8, 4) is 0 Å². The molecule has 1 fully saturated rings. The molecule has 1 aliphatic heterocycles. The Morgan fingerprint density at radius 3 is 2.07 bits per heavy atom. The summed E-state index contributed by atoms with van der Waals surface area (Å²) in [5.74, 6) is -0.327. The lowest BCUT2D eigenvalue weighted by Gasteiger charge is -2.34. The fourth-order valence-electron chi connectivity index (χ4n) is 3.45. The first-order valence-electron chi connectivity index (χ1n) is 9.05. The number of aryl methyl sites for hydroxylation is 2. The summed E-state index contributed by atoms with van der Waals surface area (Å²) in [5, 5.41) is 5.99. The minimum Gasteiger partial charge on any atom is -0.335 e. The minimum atomic E-state index is -3.66. The largest absolute Gasteiger partial charge is 0.335 e. The first-order chi connectivity index (χ1) is 13.1. The van der Waals surface area contributed by atoms with Gasteiger partial charge in [0, 0.05) is 32.2 Å². The number of rotatable bonds is 3. The number of carbonyl (C=O) groups excluding carboxylic acids is 1. The number of hydrogen-bond donors (Lipinski definition) is 1. The molecule has 1 aliphatic rings. The Morgan fingerprint density at radius 2 is 1.57 bits per heavy atom. The zero-order chi connectivity index (χ0) is 20.6. The van der Waals surface area contributed by atoms with Crippen LogP contribution in [0.2, 0.25) is 0 Å². The molecule has 150 valence electrons. The third-order valence-electron chi connectivity index (χ3n) is 5.32. The SMILES string of the molecule is Cc1cc(C)c(C)c(S(=O)(=O)N2CCN(C(=O)c3ccc(=O)[nH]n3)CC2)c1C. The van der Waals surface area contributed by atoms with Crippen molar-refractivity contribution in [1.29, 1.82) is 0 Å². The Morgan fingerprint density at radius 1 is 1.00 bits per heavy atom. The summed E-state index contributed by atoms with van der Waals surface area (Å²) in [6.07, 6.45) is 0. The Balaban J connectivity index is 1.80. The maximum atomic E-state index is 13.3. The third kappa shape index (κ3) is 3.59. The van der Waals surface area contributed by atoms with E-state index in [4.69, 9.17) is 0 Å². The fourth-order valence-corrected chi connectivity index (χ4v) is 5.45. The van der Waals surface area contributed by atoms with Crippen molar-refractivity contribution >= 4 is 15.9 Å². The summed E-state index contributed by atoms with van der Waals surface area (Å²) in [6, 6.07) is 4.61. The lowest BCUT2D eigenvalue weighted by molar-refractivity contribution is 0.0690. The van der Waals surface area contributed by atoms with Crippen molar-refractivity contribution in [1.82, 2.24) is 19.4 Å². The van der Waals surface area contributed by atoms with E-state index in [0.29, 0.717) is 4.90 Å². The highest BCUT2D eigenvalue weighted by atomic mass is 32.2. The third-order valence-corrected chi connectivity index (χ3v) is 7.49. The molecule has 1 aromatic carbocycles. The van der Waals surface area contributed by atoms with Crippen molar-refractivity contribution in [2.24, 2.45) is 0 Å². The van der Waals surface area contributed by atoms with Crippen LogP contribution in [0.1, 0.15) is 32.7 Å². The maximum Gasteiger partial charge on any atom is 0.274 e. The van der Waals surface area contributed by atoms with Crippen LogP contribution < -0.4 is 5.56 Å². The second kappa shape index (κ2) is 7.48. The van der Waals surface area contributed by atoms with Gasteiger partial charge in [-0.25, -0.2) is 13.5 Å². The number of benzene rings is 1. The van der Waals surface area contributed by atoms with Crippen LogP contribution in [0.5, 0.6) is 0 Å². The average Bonchev–Trinajstić information content (AvgIpc) is 2.66. The van der Waals surface area contributed by atoms with E-state index >= 15 is 0 Å². The van der Waals surface area contributed by atoms with Crippen LogP contribution >= 0.6 is 0 Å². The van der Waals surface area contributed by atoms with Crippen LogP contribution in [0, 0.1) is 27.7 Å². The van der Waals surface area contributed by atoms with E-state index < -0.39 is 10.0 Å². The lowest BCUT2D eigenvalue weighted by Crippen LogP contribution is -2.50. The van der Waals surface area contributed by atoms with Gasteiger partial charge < -0.3 is 4.90 Å². The Labute approximate surface area is 164 Å². The van der Waals surface area contributed by atoms with Crippen molar-refractivity contribution < 1.29 is 13.2 Å². The Bertz CT molecular complexity index is 1040. The minimum absolute atomic E-state index is 0.136. The normalized spacial score (nSPS) is 15.6. The summed E-state index contributed by atoms with van der Waals surface area (Å²) in [6.45, 7) is 8.44. The summed E-state index contributed by atoms with van der Waals surface area (Å²) < 4.78 is 28.0. The smallest absolute Gasteiger partial charge is 0.274 e. The van der Waals surface area contributed by atoms with E-state index in [-0.39, 0.29) is 43.3 Å². The Kier molecular flexibility index (Phi) is 5.40. The van der Waals surface area contributed by atoms with Gasteiger partial charge in [-0.1, -0.05) is 6.07 Å². The van der Waals surface area contributed by atoms with E-state index in [9.17, 15) is 18.0 Å². The van der Waals surface area contributed by atoms with Crippen molar-refractivity contribution in [2.45, 2.75) is 32.6 Å². The number of aromatic amines is 1. The maximum absolute atomic E-state index is 13.3. The first kappa shape index (κ1) is 20.2. The van der Waals surface area contributed by atoms with Gasteiger partial charge in [0.15, 0.2) is 0 Å². The van der Waals surface area contributed by atoms with E-state index in [1.165, 1.54) is 16.4 Å². The topological polar surface area (TPSA) is 103 Å². The highest BCUT2D eigenvalue weighted by Gasteiger charge is 2.33. The molecule has 1 saturated heterocycles. The number of H-pyrrole nitrogens is 1. The Hall–Kier alpha value is -2.52. The molecule has 0 bridgehead atoms. The monoisotopic (exact) mass is 404 g/mol. The fraction of sp³-hybridized carbons (Fsp3) is 0.421. The van der Waals surface area contributed by atoms with Gasteiger partial charge in [-0.05, 0) is 56.0 Å². The number of piperazine rings is 1. The molecule has 8 nitrogen and oxygen atoms in total. The molecule has 0 atom stereocenters. The summed E-state index contributed by atoms with van der Waals surface area (Å²) in [5.41, 5.74) is 3.17. The number of nitrogens with zero attached hydrogens (tertiary/aromatic N) is 3. The predicted octanol–water partition coefficient (Wildman–Crippen LogP) is 1.15. The molecule has 0 spiro atoms. The number of hydrogen-bond acceptors (Lipinski definition) is 5. The molecular weight excluding hydrogens is 380 g/mol. The van der Waals surface area contributed by atoms with Crippen LogP contribution in [-0.4, -0.2) is 59.9 Å². The van der Waals surface area contributed by atoms with Crippen molar-refractivity contribution in [3.05, 3.63) is 56.5 Å². The molecule has 0 saturated carbocycles.